The van der Waals surface area contributed by atoms with Gasteiger partial charge in [-0.15, -0.1) is 11.3 Å². The van der Waals surface area contributed by atoms with Crippen molar-refractivity contribution in [1.29, 1.82) is 0 Å². The van der Waals surface area contributed by atoms with Gasteiger partial charge in [-0.1, -0.05) is 0 Å². The Kier molecular flexibility index (Phi) is 4.91. The Morgan fingerprint density at radius 2 is 1.90 bits per heavy atom. The van der Waals surface area contributed by atoms with Crippen LogP contribution in [0.4, 0.5) is 23.8 Å². The molecule has 0 radical (unpaired) electrons. The highest BCUT2D eigenvalue weighted by molar-refractivity contribution is 7.13. The number of hydrogen-bond acceptors (Lipinski definition) is 6. The van der Waals surface area contributed by atoms with E-state index in [4.69, 9.17) is 5.73 Å². The first kappa shape index (κ1) is 19.5. The summed E-state index contributed by atoms with van der Waals surface area (Å²) in [6.07, 6.45) is 3.24. The number of nitrogens with two attached hydrogens (primary N) is 1. The van der Waals surface area contributed by atoms with Gasteiger partial charge in [0, 0.05) is 58.6 Å². The Balaban J connectivity index is 1.85. The predicted molar refractivity (Wildman–Crippen MR) is 104 cm³/mol. The third kappa shape index (κ3) is 3.98. The zero-order valence-corrected chi connectivity index (χ0v) is 15.8. The van der Waals surface area contributed by atoms with Crippen LogP contribution in [0, 0.1) is 0 Å². The number of pyridine rings is 2. The van der Waals surface area contributed by atoms with Gasteiger partial charge in [0.1, 0.15) is 16.6 Å². The van der Waals surface area contributed by atoms with Gasteiger partial charge in [0.05, 0.1) is 0 Å². The second-order valence-corrected chi connectivity index (χ2v) is 6.90. The second kappa shape index (κ2) is 7.55. The molecule has 4 N–H and O–H groups in total. The number of H-pyrrole nitrogens is 1. The van der Waals surface area contributed by atoms with E-state index in [-0.39, 0.29) is 10.8 Å². The summed E-state index contributed by atoms with van der Waals surface area (Å²) < 4.78 is 39.1. The van der Waals surface area contributed by atoms with Crippen LogP contribution in [0.15, 0.2) is 48.5 Å². The number of anilines is 1. The summed E-state index contributed by atoms with van der Waals surface area (Å²) in [5, 5.41) is 3.35. The van der Waals surface area contributed by atoms with E-state index >= 15 is 0 Å². The molecule has 0 aliphatic rings. The number of carbonyl (C=O) groups is 1. The fourth-order valence-electron chi connectivity index (χ4n) is 2.72. The van der Waals surface area contributed by atoms with Crippen molar-refractivity contribution in [2.24, 2.45) is 5.73 Å². The van der Waals surface area contributed by atoms with Crippen LogP contribution in [0.2, 0.25) is 0 Å². The highest BCUT2D eigenvalue weighted by Crippen LogP contribution is 2.38. The number of nitrogens with one attached hydrogen (secondary N) is 2. The average molecular weight is 431 g/mol. The van der Waals surface area contributed by atoms with Crippen molar-refractivity contribution in [3.8, 4) is 33.1 Å². The van der Waals surface area contributed by atoms with E-state index < -0.39 is 17.9 Å². The number of urea groups is 1. The first-order chi connectivity index (χ1) is 14.3. The van der Waals surface area contributed by atoms with E-state index in [0.29, 0.717) is 28.1 Å². The zero-order valence-electron chi connectivity index (χ0n) is 14.9. The monoisotopic (exact) mass is 431 g/mol. The van der Waals surface area contributed by atoms with Crippen molar-refractivity contribution in [1.82, 2.24) is 24.9 Å². The topological polar surface area (TPSA) is 122 Å². The first-order valence-corrected chi connectivity index (χ1v) is 9.24. The highest BCUT2D eigenvalue weighted by atomic mass is 32.1. The molecular formula is C18H12F3N7OS. The summed E-state index contributed by atoms with van der Waals surface area (Å²) in [4.78, 5) is 30.3. The average Bonchev–Trinajstić information content (AvgIpc) is 3.39. The van der Waals surface area contributed by atoms with Crippen molar-refractivity contribution in [2.45, 2.75) is 6.18 Å². The van der Waals surface area contributed by atoms with Crippen LogP contribution in [-0.4, -0.2) is 31.0 Å². The molecule has 8 nitrogen and oxygen atoms in total. The minimum atomic E-state index is -4.57. The number of aromatic nitrogens is 5. The number of halogens is 3. The zero-order chi connectivity index (χ0) is 21.3. The lowest BCUT2D eigenvalue weighted by Gasteiger charge is -2.11. The van der Waals surface area contributed by atoms with E-state index in [0.717, 1.165) is 16.7 Å². The van der Waals surface area contributed by atoms with E-state index in [1.165, 1.54) is 12.3 Å². The lowest BCUT2D eigenvalue weighted by Crippen LogP contribution is -2.20. The van der Waals surface area contributed by atoms with Crippen molar-refractivity contribution in [2.75, 3.05) is 5.32 Å². The molecule has 0 aromatic carbocycles. The molecule has 0 aliphatic heterocycles. The van der Waals surface area contributed by atoms with E-state index in [1.54, 1.807) is 30.9 Å². The summed E-state index contributed by atoms with van der Waals surface area (Å²) >= 11 is 0.826. The van der Waals surface area contributed by atoms with Crippen LogP contribution in [0.5, 0.6) is 0 Å². The molecule has 12 heteroatoms. The normalized spacial score (nSPS) is 11.4. The summed E-state index contributed by atoms with van der Waals surface area (Å²) in [7, 11) is 0. The number of carbonyl (C=O) groups excluding carboxylic acids is 1. The summed E-state index contributed by atoms with van der Waals surface area (Å²) in [6.45, 7) is 0. The van der Waals surface area contributed by atoms with Gasteiger partial charge in [-0.2, -0.15) is 13.2 Å². The molecule has 0 saturated heterocycles. The molecule has 4 heterocycles. The van der Waals surface area contributed by atoms with Crippen LogP contribution in [0.25, 0.3) is 33.1 Å². The molecule has 152 valence electrons. The van der Waals surface area contributed by atoms with Gasteiger partial charge in [-0.05, 0) is 12.1 Å². The number of rotatable bonds is 4. The molecule has 4 aromatic heterocycles. The van der Waals surface area contributed by atoms with Gasteiger partial charge in [0.2, 0.25) is 0 Å². The van der Waals surface area contributed by atoms with E-state index in [1.807, 2.05) is 0 Å². The fourth-order valence-corrected chi connectivity index (χ4v) is 3.58. The molecule has 0 saturated carbocycles. The van der Waals surface area contributed by atoms with Crippen molar-refractivity contribution >= 4 is 23.2 Å². The predicted octanol–water partition coefficient (Wildman–Crippen LogP) is 4.17. The van der Waals surface area contributed by atoms with Gasteiger partial charge in [-0.25, -0.2) is 19.7 Å². The Morgan fingerprint density at radius 3 is 2.57 bits per heavy atom. The molecule has 0 bridgehead atoms. The van der Waals surface area contributed by atoms with Crippen LogP contribution < -0.4 is 11.1 Å². The number of hydrogen-bond donors (Lipinski definition) is 3. The summed E-state index contributed by atoms with van der Waals surface area (Å²) in [5.74, 6) is 0.666. The maximum atomic E-state index is 13.0. The minimum Gasteiger partial charge on any atom is -0.351 e. The number of imidazole rings is 1. The Hall–Kier alpha value is -3.80. The second-order valence-electron chi connectivity index (χ2n) is 6.04. The van der Waals surface area contributed by atoms with Crippen molar-refractivity contribution in [3.63, 3.8) is 0 Å². The van der Waals surface area contributed by atoms with Crippen LogP contribution in [0.1, 0.15) is 5.69 Å². The van der Waals surface area contributed by atoms with Gasteiger partial charge in [0.25, 0.3) is 0 Å². The number of primary amides is 1. The van der Waals surface area contributed by atoms with Crippen LogP contribution in [0.3, 0.4) is 0 Å². The molecule has 2 amide bonds. The number of aromatic amines is 1. The number of alkyl halides is 3. The molecule has 0 spiro atoms. The SMILES string of the molecule is NC(=O)Nc1cc(-c2nc(C(F)(F)F)cs2)c(-c2cncc(-c3ncc[nH]3)c2)cn1. The van der Waals surface area contributed by atoms with Gasteiger partial charge >= 0.3 is 12.2 Å². The Labute approximate surface area is 171 Å². The molecule has 0 fully saturated rings. The number of amides is 2. The smallest absolute Gasteiger partial charge is 0.351 e. The molecule has 30 heavy (non-hydrogen) atoms. The Bertz CT molecular complexity index is 1200. The molecule has 0 atom stereocenters. The summed E-state index contributed by atoms with van der Waals surface area (Å²) in [6, 6.07) is 2.34. The van der Waals surface area contributed by atoms with Crippen LogP contribution in [-0.2, 0) is 6.18 Å². The maximum absolute atomic E-state index is 13.0. The molecule has 4 rings (SSSR count). The number of nitrogens with zero attached hydrogens (tertiary/aromatic N) is 4. The lowest BCUT2D eigenvalue weighted by atomic mass is 10.0. The standard InChI is InChI=1S/C18H12F3N7OS/c19-18(20,21)13-8-30-16(27-13)11-4-14(28-17(22)29)26-7-12(11)9-3-10(6-23-5-9)15-24-1-2-25-15/h1-8H,(H,24,25)(H3,22,26,28,29). The largest absolute Gasteiger partial charge is 0.434 e. The van der Waals surface area contributed by atoms with E-state index in [9.17, 15) is 18.0 Å². The van der Waals surface area contributed by atoms with E-state index in [2.05, 4.69) is 30.2 Å². The molecular weight excluding hydrogens is 419 g/mol. The van der Waals surface area contributed by atoms with Crippen LogP contribution >= 0.6 is 11.3 Å². The fraction of sp³-hybridized carbons (Fsp3) is 0.0556. The van der Waals surface area contributed by atoms with Gasteiger partial charge in [-0.3, -0.25) is 10.3 Å². The third-order valence-electron chi connectivity index (χ3n) is 4.00. The maximum Gasteiger partial charge on any atom is 0.434 e. The summed E-state index contributed by atoms with van der Waals surface area (Å²) in [5.41, 5.74) is 6.21. The Morgan fingerprint density at radius 1 is 1.10 bits per heavy atom. The van der Waals surface area contributed by atoms with Gasteiger partial charge < -0.3 is 10.7 Å². The van der Waals surface area contributed by atoms with Crippen molar-refractivity contribution in [3.05, 3.63) is 54.2 Å². The number of thiazole rings is 1. The van der Waals surface area contributed by atoms with Crippen molar-refractivity contribution < 1.29 is 18.0 Å². The quantitative estimate of drug-likeness (QED) is 0.448. The first-order valence-electron chi connectivity index (χ1n) is 8.36. The highest BCUT2D eigenvalue weighted by Gasteiger charge is 2.34. The molecule has 0 aliphatic carbocycles. The lowest BCUT2D eigenvalue weighted by molar-refractivity contribution is -0.140. The third-order valence-corrected chi connectivity index (χ3v) is 4.88. The molecule has 0 unspecified atom stereocenters. The minimum absolute atomic E-state index is 0.0835. The van der Waals surface area contributed by atoms with Gasteiger partial charge in [0.15, 0.2) is 5.69 Å². The molecule has 4 aromatic rings.